The average molecular weight is 469 g/mol. The molecule has 1 heterocycles. The lowest BCUT2D eigenvalue weighted by Gasteiger charge is -2.53. The Hall–Kier alpha value is -1.85. The molecule has 34 heavy (non-hydrogen) atoms. The second-order valence-corrected chi connectivity index (χ2v) is 11.4. The van der Waals surface area contributed by atoms with E-state index in [1.54, 1.807) is 0 Å². The molecule has 1 saturated carbocycles. The summed E-state index contributed by atoms with van der Waals surface area (Å²) in [6.07, 6.45) is 4.65. The fourth-order valence-electron chi connectivity index (χ4n) is 6.77. The molecule has 1 unspecified atom stereocenters. The van der Waals surface area contributed by atoms with Gasteiger partial charge in [0.2, 0.25) is 0 Å². The summed E-state index contributed by atoms with van der Waals surface area (Å²) in [4.78, 5) is 16.8. The first-order chi connectivity index (χ1) is 16.1. The number of ether oxygens (including phenoxy) is 1. The summed E-state index contributed by atoms with van der Waals surface area (Å²) in [5.74, 6) is 1.03. The second kappa shape index (κ2) is 10.0. The maximum atomic E-state index is 11.8. The van der Waals surface area contributed by atoms with E-state index < -0.39 is 5.60 Å². The van der Waals surface area contributed by atoms with E-state index in [0.29, 0.717) is 18.3 Å². The lowest BCUT2D eigenvalue weighted by Crippen LogP contribution is -2.56. The summed E-state index contributed by atoms with van der Waals surface area (Å²) in [5.41, 5.74) is 4.36. The predicted octanol–water partition coefficient (Wildman–Crippen LogP) is 4.74. The van der Waals surface area contributed by atoms with Crippen molar-refractivity contribution in [1.82, 2.24) is 4.90 Å². The number of carbonyl (C=O) groups excluding carboxylic acids is 1. The van der Waals surface area contributed by atoms with Crippen molar-refractivity contribution in [2.75, 3.05) is 37.6 Å². The van der Waals surface area contributed by atoms with Crippen molar-refractivity contribution in [3.05, 3.63) is 41.0 Å². The molecule has 0 bridgehead atoms. The minimum atomic E-state index is -0.793. The molecule has 188 valence electrons. The third-order valence-corrected chi connectivity index (χ3v) is 8.95. The van der Waals surface area contributed by atoms with Crippen LogP contribution in [0.5, 0.6) is 0 Å². The normalized spacial score (nSPS) is 33.1. The van der Waals surface area contributed by atoms with E-state index in [4.69, 9.17) is 4.74 Å². The average Bonchev–Trinajstić information content (AvgIpc) is 2.78. The number of carbonyl (C=O) groups is 1. The SMILES string of the molecule is CC(=O)O[C@@H]1C[C@@]2(O)[C@H](C)CC[C@@H](C(C)CN3CCN(c4cc(C)ccc4C)CC3)[C@H]2C=C1C. The molecule has 6 atom stereocenters. The molecule has 1 aromatic carbocycles. The van der Waals surface area contributed by atoms with Crippen LogP contribution in [0.15, 0.2) is 29.8 Å². The van der Waals surface area contributed by atoms with Crippen molar-refractivity contribution in [3.8, 4) is 0 Å². The van der Waals surface area contributed by atoms with Crippen LogP contribution in [0, 0.1) is 37.5 Å². The zero-order valence-corrected chi connectivity index (χ0v) is 22.0. The molecule has 0 radical (unpaired) electrons. The first-order valence-electron chi connectivity index (χ1n) is 13.2. The molecule has 4 rings (SSSR count). The van der Waals surface area contributed by atoms with E-state index in [0.717, 1.165) is 51.1 Å². The largest absolute Gasteiger partial charge is 0.458 e. The Morgan fingerprint density at radius 3 is 2.56 bits per heavy atom. The number of rotatable bonds is 5. The highest BCUT2D eigenvalue weighted by Crippen LogP contribution is 2.51. The van der Waals surface area contributed by atoms with E-state index in [1.807, 2.05) is 0 Å². The first-order valence-corrected chi connectivity index (χ1v) is 13.2. The van der Waals surface area contributed by atoms with Gasteiger partial charge in [0.25, 0.3) is 0 Å². The van der Waals surface area contributed by atoms with Crippen LogP contribution in [-0.2, 0) is 9.53 Å². The molecular formula is C29H44N2O3. The summed E-state index contributed by atoms with van der Waals surface area (Å²) < 4.78 is 5.57. The lowest BCUT2D eigenvalue weighted by atomic mass is 9.57. The molecule has 0 amide bonds. The zero-order chi connectivity index (χ0) is 24.6. The van der Waals surface area contributed by atoms with Crippen LogP contribution in [0.3, 0.4) is 0 Å². The minimum Gasteiger partial charge on any atom is -0.458 e. The number of hydrogen-bond acceptors (Lipinski definition) is 5. The Kier molecular flexibility index (Phi) is 7.44. The van der Waals surface area contributed by atoms with Gasteiger partial charge in [-0.2, -0.15) is 0 Å². The van der Waals surface area contributed by atoms with Crippen molar-refractivity contribution in [1.29, 1.82) is 0 Å². The fraction of sp³-hybridized carbons (Fsp3) is 0.690. The molecular weight excluding hydrogens is 424 g/mol. The Labute approximate surface area is 206 Å². The maximum absolute atomic E-state index is 11.8. The monoisotopic (exact) mass is 468 g/mol. The minimum absolute atomic E-state index is 0.134. The highest BCUT2D eigenvalue weighted by atomic mass is 16.5. The van der Waals surface area contributed by atoms with E-state index in [9.17, 15) is 9.90 Å². The number of hydrogen-bond donors (Lipinski definition) is 1. The molecule has 3 aliphatic rings. The van der Waals surface area contributed by atoms with Gasteiger partial charge in [0.1, 0.15) is 6.10 Å². The van der Waals surface area contributed by atoms with Gasteiger partial charge in [0.05, 0.1) is 5.60 Å². The number of fused-ring (bicyclic) bond motifs is 1. The third-order valence-electron chi connectivity index (χ3n) is 8.95. The van der Waals surface area contributed by atoms with Crippen LogP contribution in [0.25, 0.3) is 0 Å². The number of benzene rings is 1. The van der Waals surface area contributed by atoms with Crippen LogP contribution in [0.1, 0.15) is 58.1 Å². The predicted molar refractivity (Wildman–Crippen MR) is 138 cm³/mol. The molecule has 5 nitrogen and oxygen atoms in total. The van der Waals surface area contributed by atoms with Gasteiger partial charge in [-0.15, -0.1) is 0 Å². The van der Waals surface area contributed by atoms with Crippen LogP contribution in [0.4, 0.5) is 5.69 Å². The van der Waals surface area contributed by atoms with Crippen molar-refractivity contribution in [3.63, 3.8) is 0 Å². The molecule has 1 aliphatic heterocycles. The van der Waals surface area contributed by atoms with Gasteiger partial charge in [-0.1, -0.05) is 32.1 Å². The summed E-state index contributed by atoms with van der Waals surface area (Å²) in [6.45, 7) is 17.8. The number of piperazine rings is 1. The number of aliphatic hydroxyl groups is 1. The van der Waals surface area contributed by atoms with Crippen LogP contribution in [0.2, 0.25) is 0 Å². The third kappa shape index (κ3) is 5.06. The molecule has 0 aromatic heterocycles. The van der Waals surface area contributed by atoms with Gasteiger partial charge < -0.3 is 14.7 Å². The van der Waals surface area contributed by atoms with Gasteiger partial charge in [-0.25, -0.2) is 0 Å². The quantitative estimate of drug-likeness (QED) is 0.500. The highest BCUT2D eigenvalue weighted by Gasteiger charge is 2.52. The van der Waals surface area contributed by atoms with E-state index in [-0.39, 0.29) is 23.9 Å². The van der Waals surface area contributed by atoms with Crippen molar-refractivity contribution in [2.24, 2.45) is 23.7 Å². The van der Waals surface area contributed by atoms with Crippen LogP contribution >= 0.6 is 0 Å². The van der Waals surface area contributed by atoms with Gasteiger partial charge >= 0.3 is 5.97 Å². The second-order valence-electron chi connectivity index (χ2n) is 11.4. The summed E-state index contributed by atoms with van der Waals surface area (Å²) in [7, 11) is 0. The molecule has 5 heteroatoms. The Balaban J connectivity index is 1.41. The van der Waals surface area contributed by atoms with E-state index in [1.165, 1.54) is 23.7 Å². The first kappa shape index (κ1) is 25.2. The lowest BCUT2D eigenvalue weighted by molar-refractivity contribution is -0.159. The Bertz CT molecular complexity index is 920. The molecule has 0 spiro atoms. The fourth-order valence-corrected chi connectivity index (χ4v) is 6.77. The molecule has 1 aromatic rings. The molecule has 2 fully saturated rings. The smallest absolute Gasteiger partial charge is 0.303 e. The van der Waals surface area contributed by atoms with Crippen molar-refractivity contribution in [2.45, 2.75) is 72.5 Å². The summed E-state index contributed by atoms with van der Waals surface area (Å²) in [6, 6.07) is 6.74. The number of esters is 1. The highest BCUT2D eigenvalue weighted by molar-refractivity contribution is 5.66. The molecule has 2 aliphatic carbocycles. The molecule has 1 saturated heterocycles. The standard InChI is InChI=1S/C29H44N2O3/c1-19-7-8-20(2)27(15-19)31-13-11-30(12-14-31)18-22(4)25-10-9-23(5)29(33)17-28(34-24(6)32)21(3)16-26(25)29/h7-8,15-16,22-23,25-26,28,33H,9-14,17-18H2,1-6H3/t22?,23-,25+,26-,28-,29-/m1/s1. The van der Waals surface area contributed by atoms with Gasteiger partial charge in [-0.05, 0) is 74.1 Å². The van der Waals surface area contributed by atoms with Crippen LogP contribution < -0.4 is 4.90 Å². The number of anilines is 1. The van der Waals surface area contributed by atoms with Gasteiger partial charge in [0, 0.05) is 57.7 Å². The topological polar surface area (TPSA) is 53.0 Å². The maximum Gasteiger partial charge on any atom is 0.303 e. The van der Waals surface area contributed by atoms with E-state index >= 15 is 0 Å². The summed E-state index contributed by atoms with van der Waals surface area (Å²) >= 11 is 0. The zero-order valence-electron chi connectivity index (χ0n) is 22.0. The Morgan fingerprint density at radius 1 is 1.18 bits per heavy atom. The Morgan fingerprint density at radius 2 is 1.88 bits per heavy atom. The van der Waals surface area contributed by atoms with Crippen molar-refractivity contribution < 1.29 is 14.6 Å². The van der Waals surface area contributed by atoms with Gasteiger partial charge in [0.15, 0.2) is 0 Å². The van der Waals surface area contributed by atoms with Crippen LogP contribution in [-0.4, -0.2) is 60.4 Å². The van der Waals surface area contributed by atoms with Gasteiger partial charge in [-0.3, -0.25) is 9.69 Å². The molecule has 1 N–H and O–H groups in total. The summed E-state index contributed by atoms with van der Waals surface area (Å²) in [5, 5.41) is 11.8. The van der Waals surface area contributed by atoms with E-state index in [2.05, 4.69) is 68.7 Å². The number of nitrogens with zero attached hydrogens (tertiary/aromatic N) is 2. The van der Waals surface area contributed by atoms with Crippen molar-refractivity contribution >= 4 is 11.7 Å². The number of aryl methyl sites for hydroxylation is 2.